The van der Waals surface area contributed by atoms with Gasteiger partial charge >= 0.3 is 0 Å². The molecule has 1 amide bonds. The molecule has 7 heteroatoms. The molecule has 24 heavy (non-hydrogen) atoms. The van der Waals surface area contributed by atoms with E-state index in [1.807, 2.05) is 43.6 Å². The quantitative estimate of drug-likeness (QED) is 0.745. The van der Waals surface area contributed by atoms with Crippen LogP contribution in [0.25, 0.3) is 10.6 Å². The Kier molecular flexibility index (Phi) is 4.46. The minimum atomic E-state index is -1.13. The predicted octanol–water partition coefficient (Wildman–Crippen LogP) is 2.18. The van der Waals surface area contributed by atoms with Crippen LogP contribution in [-0.2, 0) is 12.6 Å². The lowest BCUT2D eigenvalue weighted by molar-refractivity contribution is 0.0527. The smallest absolute Gasteiger partial charge is 0.263 e. The summed E-state index contributed by atoms with van der Waals surface area (Å²) in [5.74, 6) is -0.251. The van der Waals surface area contributed by atoms with E-state index in [2.05, 4.69) is 15.4 Å². The van der Waals surface area contributed by atoms with Crippen LogP contribution in [0, 0.1) is 0 Å². The Hall–Kier alpha value is -2.51. The summed E-state index contributed by atoms with van der Waals surface area (Å²) >= 11 is 1.30. The van der Waals surface area contributed by atoms with E-state index in [-0.39, 0.29) is 12.5 Å². The first kappa shape index (κ1) is 16.4. The van der Waals surface area contributed by atoms with Crippen molar-refractivity contribution in [3.8, 4) is 10.6 Å². The van der Waals surface area contributed by atoms with Crippen LogP contribution in [0.15, 0.2) is 48.9 Å². The molecular formula is C17H18N4O2S. The van der Waals surface area contributed by atoms with Crippen molar-refractivity contribution < 1.29 is 9.90 Å². The second-order valence-electron chi connectivity index (χ2n) is 5.75. The fourth-order valence-electron chi connectivity index (χ4n) is 2.28. The number of carbonyl (C=O) groups is 1. The average Bonchev–Trinajstić information content (AvgIpc) is 3.22. The van der Waals surface area contributed by atoms with E-state index in [0.717, 1.165) is 16.1 Å². The number of nitrogens with zero attached hydrogens (tertiary/aromatic N) is 3. The zero-order valence-electron chi connectivity index (χ0n) is 13.4. The van der Waals surface area contributed by atoms with Gasteiger partial charge in [0, 0.05) is 18.8 Å². The zero-order chi connectivity index (χ0) is 17.2. The Morgan fingerprint density at radius 3 is 2.75 bits per heavy atom. The highest BCUT2D eigenvalue weighted by molar-refractivity contribution is 7.16. The summed E-state index contributed by atoms with van der Waals surface area (Å²) < 4.78 is 1.69. The van der Waals surface area contributed by atoms with Gasteiger partial charge in [0.15, 0.2) is 0 Å². The third kappa shape index (κ3) is 3.52. The van der Waals surface area contributed by atoms with Gasteiger partial charge in [0.1, 0.15) is 15.5 Å². The van der Waals surface area contributed by atoms with Crippen LogP contribution < -0.4 is 5.32 Å². The van der Waals surface area contributed by atoms with Crippen molar-refractivity contribution in [2.24, 2.45) is 7.05 Å². The Morgan fingerprint density at radius 1 is 1.33 bits per heavy atom. The Morgan fingerprint density at radius 2 is 2.08 bits per heavy atom. The number of aryl methyl sites for hydroxylation is 1. The molecule has 0 bridgehead atoms. The lowest BCUT2D eigenvalue weighted by atomic mass is 9.96. The molecule has 2 aromatic heterocycles. The second kappa shape index (κ2) is 6.54. The lowest BCUT2D eigenvalue weighted by Gasteiger charge is -2.24. The van der Waals surface area contributed by atoms with Crippen molar-refractivity contribution in [2.75, 3.05) is 6.54 Å². The van der Waals surface area contributed by atoms with E-state index >= 15 is 0 Å². The number of thiazole rings is 1. The van der Waals surface area contributed by atoms with Crippen molar-refractivity contribution in [1.29, 1.82) is 0 Å². The van der Waals surface area contributed by atoms with Gasteiger partial charge in [-0.15, -0.1) is 11.3 Å². The SMILES string of the molecule is Cn1cc(-c2ncc(C(=O)NCC(C)(O)c3ccccc3)s2)cn1. The normalized spacial score (nSPS) is 13.5. The van der Waals surface area contributed by atoms with Gasteiger partial charge in [0.05, 0.1) is 18.9 Å². The molecule has 0 spiro atoms. The number of nitrogens with one attached hydrogen (secondary N) is 1. The van der Waals surface area contributed by atoms with Gasteiger partial charge in [-0.25, -0.2) is 4.98 Å². The number of rotatable bonds is 5. The highest BCUT2D eigenvalue weighted by Crippen LogP contribution is 2.25. The zero-order valence-corrected chi connectivity index (χ0v) is 14.2. The second-order valence-corrected chi connectivity index (χ2v) is 6.79. The minimum absolute atomic E-state index is 0.121. The number of aromatic nitrogens is 3. The number of carbonyl (C=O) groups excluding carboxylic acids is 1. The summed E-state index contributed by atoms with van der Waals surface area (Å²) in [6, 6.07) is 9.26. The number of hydrogen-bond acceptors (Lipinski definition) is 5. The van der Waals surface area contributed by atoms with Gasteiger partial charge in [-0.05, 0) is 12.5 Å². The molecule has 0 aliphatic rings. The Bertz CT molecular complexity index is 839. The Labute approximate surface area is 143 Å². The van der Waals surface area contributed by atoms with Crippen LogP contribution >= 0.6 is 11.3 Å². The average molecular weight is 342 g/mol. The van der Waals surface area contributed by atoms with Gasteiger partial charge in [0.25, 0.3) is 5.91 Å². The molecule has 0 aliphatic carbocycles. The van der Waals surface area contributed by atoms with Crippen molar-refractivity contribution in [3.63, 3.8) is 0 Å². The van der Waals surface area contributed by atoms with Crippen molar-refractivity contribution in [3.05, 3.63) is 59.4 Å². The van der Waals surface area contributed by atoms with Gasteiger partial charge < -0.3 is 10.4 Å². The number of aliphatic hydroxyl groups is 1. The number of amides is 1. The van der Waals surface area contributed by atoms with Crippen LogP contribution in [0.4, 0.5) is 0 Å². The number of hydrogen-bond donors (Lipinski definition) is 2. The molecule has 0 fully saturated rings. The molecule has 124 valence electrons. The van der Waals surface area contributed by atoms with Crippen LogP contribution in [0.3, 0.4) is 0 Å². The lowest BCUT2D eigenvalue weighted by Crippen LogP contribution is -2.38. The summed E-state index contributed by atoms with van der Waals surface area (Å²) in [5, 5.41) is 18.1. The first-order chi connectivity index (χ1) is 11.5. The van der Waals surface area contributed by atoms with Crippen LogP contribution in [-0.4, -0.2) is 32.3 Å². The minimum Gasteiger partial charge on any atom is -0.384 e. The molecule has 0 aliphatic heterocycles. The molecule has 2 heterocycles. The largest absolute Gasteiger partial charge is 0.384 e. The summed E-state index contributed by atoms with van der Waals surface area (Å²) in [6.45, 7) is 1.80. The highest BCUT2D eigenvalue weighted by atomic mass is 32.1. The van der Waals surface area contributed by atoms with E-state index < -0.39 is 5.60 Å². The van der Waals surface area contributed by atoms with E-state index in [0.29, 0.717) is 4.88 Å². The first-order valence-electron chi connectivity index (χ1n) is 7.47. The monoisotopic (exact) mass is 342 g/mol. The molecule has 2 N–H and O–H groups in total. The summed E-state index contributed by atoms with van der Waals surface area (Å²) in [4.78, 5) is 17.1. The van der Waals surface area contributed by atoms with Gasteiger partial charge in [-0.1, -0.05) is 30.3 Å². The summed E-state index contributed by atoms with van der Waals surface area (Å²) in [6.07, 6.45) is 5.10. The first-order valence-corrected chi connectivity index (χ1v) is 8.28. The summed E-state index contributed by atoms with van der Waals surface area (Å²) in [5.41, 5.74) is 0.497. The highest BCUT2D eigenvalue weighted by Gasteiger charge is 2.24. The molecule has 3 aromatic rings. The van der Waals surface area contributed by atoms with Crippen molar-refractivity contribution in [1.82, 2.24) is 20.1 Å². The maximum absolute atomic E-state index is 12.3. The van der Waals surface area contributed by atoms with Crippen molar-refractivity contribution in [2.45, 2.75) is 12.5 Å². The fourth-order valence-corrected chi connectivity index (χ4v) is 3.09. The van der Waals surface area contributed by atoms with Gasteiger partial charge in [-0.2, -0.15) is 5.10 Å². The molecule has 0 radical (unpaired) electrons. The van der Waals surface area contributed by atoms with E-state index in [1.165, 1.54) is 11.3 Å². The van der Waals surface area contributed by atoms with E-state index in [4.69, 9.17) is 0 Å². The molecule has 1 atom stereocenters. The molecular weight excluding hydrogens is 324 g/mol. The molecule has 1 aromatic carbocycles. The molecule has 0 saturated heterocycles. The number of benzene rings is 1. The maximum Gasteiger partial charge on any atom is 0.263 e. The molecule has 1 unspecified atom stereocenters. The Balaban J connectivity index is 1.66. The molecule has 6 nitrogen and oxygen atoms in total. The van der Waals surface area contributed by atoms with Crippen LogP contribution in [0.1, 0.15) is 22.2 Å². The van der Waals surface area contributed by atoms with Gasteiger partial charge in [-0.3, -0.25) is 9.48 Å². The van der Waals surface area contributed by atoms with Crippen molar-refractivity contribution >= 4 is 17.2 Å². The predicted molar refractivity (Wildman–Crippen MR) is 92.7 cm³/mol. The van der Waals surface area contributed by atoms with E-state index in [9.17, 15) is 9.90 Å². The standard InChI is InChI=1S/C17H18N4O2S/c1-17(23,13-6-4-3-5-7-13)11-19-15(22)14-9-18-16(24-14)12-8-20-21(2)10-12/h3-10,23H,11H2,1-2H3,(H,19,22). The third-order valence-corrected chi connectivity index (χ3v) is 4.72. The molecule has 3 rings (SSSR count). The summed E-state index contributed by atoms with van der Waals surface area (Å²) in [7, 11) is 1.83. The topological polar surface area (TPSA) is 80.0 Å². The van der Waals surface area contributed by atoms with Crippen LogP contribution in [0.2, 0.25) is 0 Å². The maximum atomic E-state index is 12.3. The fraction of sp³-hybridized carbons (Fsp3) is 0.235. The third-order valence-electron chi connectivity index (χ3n) is 3.67. The van der Waals surface area contributed by atoms with Gasteiger partial charge in [0.2, 0.25) is 0 Å². The van der Waals surface area contributed by atoms with Crippen LogP contribution in [0.5, 0.6) is 0 Å². The van der Waals surface area contributed by atoms with E-state index in [1.54, 1.807) is 24.0 Å². The molecule has 0 saturated carbocycles.